The highest BCUT2D eigenvalue weighted by Gasteiger charge is 2.28. The molecule has 1 aromatic rings. The van der Waals surface area contributed by atoms with Crippen molar-refractivity contribution >= 4 is 46.2 Å². The van der Waals surface area contributed by atoms with Gasteiger partial charge >= 0.3 is 0 Å². The van der Waals surface area contributed by atoms with Crippen molar-refractivity contribution in [3.63, 3.8) is 0 Å². The van der Waals surface area contributed by atoms with E-state index in [0.29, 0.717) is 14.8 Å². The van der Waals surface area contributed by atoms with Crippen molar-refractivity contribution in [3.05, 3.63) is 40.3 Å². The minimum Gasteiger partial charge on any atom is -0.304 e. The first-order valence-corrected chi connectivity index (χ1v) is 9.22. The molecule has 3 rings (SSSR count). The number of thioether (sulfide) groups is 1. The molecule has 0 atom stereocenters. The van der Waals surface area contributed by atoms with E-state index in [4.69, 9.17) is 12.2 Å². The lowest BCUT2D eigenvalue weighted by Crippen LogP contribution is -2.52. The lowest BCUT2D eigenvalue weighted by molar-refractivity contribution is -0.121. The highest BCUT2D eigenvalue weighted by molar-refractivity contribution is 8.26. The molecule has 1 N–H and O–H groups in total. The normalized spacial score (nSPS) is 21.2. The van der Waals surface area contributed by atoms with Crippen LogP contribution in [0, 0.1) is 0 Å². The quantitative estimate of drug-likeness (QED) is 0.636. The van der Waals surface area contributed by atoms with E-state index < -0.39 is 0 Å². The second-order valence-corrected chi connectivity index (χ2v) is 7.77. The van der Waals surface area contributed by atoms with Gasteiger partial charge in [-0.2, -0.15) is 0 Å². The van der Waals surface area contributed by atoms with Crippen LogP contribution < -0.4 is 5.43 Å². The van der Waals surface area contributed by atoms with Gasteiger partial charge in [-0.05, 0) is 30.8 Å². The maximum absolute atomic E-state index is 12.3. The number of hydrogen-bond acceptors (Lipinski definition) is 6. The molecule has 8 heteroatoms. The van der Waals surface area contributed by atoms with Gasteiger partial charge in [0.05, 0.1) is 4.91 Å². The van der Waals surface area contributed by atoms with E-state index >= 15 is 0 Å². The molecule has 2 amide bonds. The Labute approximate surface area is 156 Å². The summed E-state index contributed by atoms with van der Waals surface area (Å²) < 4.78 is 0.555. The zero-order valence-electron chi connectivity index (χ0n) is 14.2. The number of thiocarbonyl (C=S) groups is 1. The SMILES string of the molecule is CN1CCN(NC(=O)c2ccc(/C=C3\SC(=S)N(C)C3=O)cc2)CC1. The summed E-state index contributed by atoms with van der Waals surface area (Å²) in [5.74, 6) is -0.206. The molecule has 6 nitrogen and oxygen atoms in total. The number of nitrogens with one attached hydrogen (secondary N) is 1. The summed E-state index contributed by atoms with van der Waals surface area (Å²) in [6, 6.07) is 7.20. The summed E-state index contributed by atoms with van der Waals surface area (Å²) in [7, 11) is 3.74. The van der Waals surface area contributed by atoms with Crippen LogP contribution in [0.3, 0.4) is 0 Å². The van der Waals surface area contributed by atoms with Gasteiger partial charge in [0.2, 0.25) is 0 Å². The Morgan fingerprint density at radius 2 is 1.80 bits per heavy atom. The van der Waals surface area contributed by atoms with Gasteiger partial charge < -0.3 is 4.90 Å². The summed E-state index contributed by atoms with van der Waals surface area (Å²) in [6.07, 6.45) is 1.80. The number of rotatable bonds is 3. The summed E-state index contributed by atoms with van der Waals surface area (Å²) in [6.45, 7) is 3.52. The number of hydrazine groups is 1. The highest BCUT2D eigenvalue weighted by Crippen LogP contribution is 2.31. The Morgan fingerprint density at radius 1 is 1.16 bits per heavy atom. The number of likely N-dealkylation sites (N-methyl/N-ethyl adjacent to an activating group) is 2. The van der Waals surface area contributed by atoms with Crippen LogP contribution in [-0.2, 0) is 4.79 Å². The molecule has 2 saturated heterocycles. The van der Waals surface area contributed by atoms with Crippen LogP contribution in [0.2, 0.25) is 0 Å². The summed E-state index contributed by atoms with van der Waals surface area (Å²) in [4.78, 5) is 28.6. The zero-order chi connectivity index (χ0) is 18.0. The minimum atomic E-state index is -0.115. The summed E-state index contributed by atoms with van der Waals surface area (Å²) >= 11 is 6.41. The molecule has 2 aliphatic heterocycles. The number of carbonyl (C=O) groups excluding carboxylic acids is 2. The molecule has 2 fully saturated rings. The Bertz CT molecular complexity index is 725. The van der Waals surface area contributed by atoms with Gasteiger partial charge in [0, 0.05) is 38.8 Å². The molecule has 0 unspecified atom stereocenters. The fraction of sp³-hybridized carbons (Fsp3) is 0.353. The highest BCUT2D eigenvalue weighted by atomic mass is 32.2. The number of hydrogen-bond donors (Lipinski definition) is 1. The molecule has 132 valence electrons. The molecule has 0 aliphatic carbocycles. The molecule has 0 spiro atoms. The number of piperazine rings is 1. The molecule has 0 bridgehead atoms. The third kappa shape index (κ3) is 4.27. The topological polar surface area (TPSA) is 55.9 Å². The standard InChI is InChI=1S/C17H20N4O2S2/c1-19-7-9-21(10-8-19)18-15(22)13-5-3-12(4-6-13)11-14-16(23)20(2)17(24)25-14/h3-6,11H,7-10H2,1-2H3,(H,18,22)/b14-11-. The van der Waals surface area contributed by atoms with Gasteiger partial charge in [-0.1, -0.05) is 36.1 Å². The minimum absolute atomic E-state index is 0.0908. The van der Waals surface area contributed by atoms with Crippen molar-refractivity contribution in [2.75, 3.05) is 40.3 Å². The van der Waals surface area contributed by atoms with E-state index in [9.17, 15) is 9.59 Å². The number of nitrogens with zero attached hydrogens (tertiary/aromatic N) is 3. The fourth-order valence-corrected chi connectivity index (χ4v) is 3.73. The number of amides is 2. The predicted molar refractivity (Wildman–Crippen MR) is 104 cm³/mol. The van der Waals surface area contributed by atoms with Crippen LogP contribution in [-0.4, -0.2) is 71.2 Å². The second-order valence-electron chi connectivity index (χ2n) is 6.09. The molecular weight excluding hydrogens is 356 g/mol. The van der Waals surface area contributed by atoms with E-state index in [-0.39, 0.29) is 11.8 Å². The van der Waals surface area contributed by atoms with Crippen molar-refractivity contribution < 1.29 is 9.59 Å². The predicted octanol–water partition coefficient (Wildman–Crippen LogP) is 1.41. The first-order chi connectivity index (χ1) is 11.9. The fourth-order valence-electron chi connectivity index (χ4n) is 2.55. The average molecular weight is 377 g/mol. The van der Waals surface area contributed by atoms with Crippen molar-refractivity contribution in [3.8, 4) is 0 Å². The van der Waals surface area contributed by atoms with E-state index in [1.807, 2.05) is 17.1 Å². The van der Waals surface area contributed by atoms with Crippen molar-refractivity contribution in [2.45, 2.75) is 0 Å². The van der Waals surface area contributed by atoms with Crippen LogP contribution >= 0.6 is 24.0 Å². The van der Waals surface area contributed by atoms with E-state index in [1.165, 1.54) is 16.7 Å². The van der Waals surface area contributed by atoms with Gasteiger partial charge in [-0.15, -0.1) is 0 Å². The lowest BCUT2D eigenvalue weighted by atomic mass is 10.1. The molecule has 2 heterocycles. The van der Waals surface area contributed by atoms with Gasteiger partial charge in [0.15, 0.2) is 0 Å². The van der Waals surface area contributed by atoms with Gasteiger partial charge in [-0.25, -0.2) is 5.01 Å². The van der Waals surface area contributed by atoms with E-state index in [0.717, 1.165) is 31.7 Å². The maximum atomic E-state index is 12.3. The van der Waals surface area contributed by atoms with Gasteiger partial charge in [0.25, 0.3) is 11.8 Å². The van der Waals surface area contributed by atoms with Crippen LogP contribution in [0.25, 0.3) is 6.08 Å². The van der Waals surface area contributed by atoms with Crippen molar-refractivity contribution in [2.24, 2.45) is 0 Å². The monoisotopic (exact) mass is 376 g/mol. The Morgan fingerprint density at radius 3 is 2.36 bits per heavy atom. The molecular formula is C17H20N4O2S2. The van der Waals surface area contributed by atoms with Crippen LogP contribution in [0.5, 0.6) is 0 Å². The van der Waals surface area contributed by atoms with Crippen LogP contribution in [0.4, 0.5) is 0 Å². The molecule has 2 aliphatic rings. The van der Waals surface area contributed by atoms with Crippen molar-refractivity contribution in [1.29, 1.82) is 0 Å². The molecule has 0 radical (unpaired) electrons. The summed E-state index contributed by atoms with van der Waals surface area (Å²) in [5.41, 5.74) is 4.40. The Hall–Kier alpha value is -1.74. The molecule has 1 aromatic carbocycles. The number of benzene rings is 1. The number of carbonyl (C=O) groups is 2. The largest absolute Gasteiger partial charge is 0.304 e. The smallest absolute Gasteiger partial charge is 0.265 e. The first-order valence-electron chi connectivity index (χ1n) is 8.00. The Kier molecular flexibility index (Phi) is 5.53. The lowest BCUT2D eigenvalue weighted by Gasteiger charge is -2.32. The first kappa shape index (κ1) is 18.1. The average Bonchev–Trinajstić information content (AvgIpc) is 2.84. The molecule has 0 saturated carbocycles. The van der Waals surface area contributed by atoms with Crippen molar-refractivity contribution in [1.82, 2.24) is 20.2 Å². The third-order valence-corrected chi connectivity index (χ3v) is 5.70. The summed E-state index contributed by atoms with van der Waals surface area (Å²) in [5, 5.41) is 1.95. The molecule has 25 heavy (non-hydrogen) atoms. The second kappa shape index (κ2) is 7.65. The van der Waals surface area contributed by atoms with Gasteiger partial charge in [-0.3, -0.25) is 19.9 Å². The zero-order valence-corrected chi connectivity index (χ0v) is 15.8. The van der Waals surface area contributed by atoms with Crippen LogP contribution in [0.1, 0.15) is 15.9 Å². The van der Waals surface area contributed by atoms with Gasteiger partial charge in [0.1, 0.15) is 4.32 Å². The van der Waals surface area contributed by atoms with Crippen LogP contribution in [0.15, 0.2) is 29.2 Å². The third-order valence-electron chi connectivity index (χ3n) is 4.22. The maximum Gasteiger partial charge on any atom is 0.265 e. The van der Waals surface area contributed by atoms with E-state index in [1.54, 1.807) is 25.3 Å². The Balaban J connectivity index is 1.63. The molecule has 0 aromatic heterocycles. The van der Waals surface area contributed by atoms with E-state index in [2.05, 4.69) is 17.4 Å².